The number of nitrogens with one attached hydrogen (secondary N) is 3. The van der Waals surface area contributed by atoms with Crippen molar-refractivity contribution in [2.45, 2.75) is 50.2 Å². The van der Waals surface area contributed by atoms with E-state index in [2.05, 4.69) is 20.9 Å². The first kappa shape index (κ1) is 32.5. The zero-order chi connectivity index (χ0) is 30.4. The van der Waals surface area contributed by atoms with Crippen LogP contribution in [0.5, 0.6) is 5.75 Å². The summed E-state index contributed by atoms with van der Waals surface area (Å²) in [6, 6.07) is 8.40. The quantitative estimate of drug-likeness (QED) is 0.0678. The fraction of sp³-hybridized carbons (Fsp3) is 0.370. The van der Waals surface area contributed by atoms with Gasteiger partial charge in [-0.2, -0.15) is 0 Å². The third kappa shape index (κ3) is 12.3. The highest BCUT2D eigenvalue weighted by molar-refractivity contribution is 5.93. The molecule has 0 saturated carbocycles. The second kappa shape index (κ2) is 16.4. The summed E-state index contributed by atoms with van der Waals surface area (Å²) in [5.74, 6) is -3.14. The standard InChI is InChI=1S/C27H37FN8O5/c28-18-4-1-3-17(13-18)15-22(25(40)33-12-10-23(30)38)36-26(41)21(5-2-11-34-27(31)32)35-24(39)20(29)14-16-6-8-19(37)9-7-16/h1,3-4,6-9,13,20-22,37H,2,5,10-12,14-15,29H2,(H2,30,38)(H,33,40)(H,35,39)(H,36,41)(H4,31,32,34)/t20-,21+,22-/m0/s1. The first-order valence-corrected chi connectivity index (χ1v) is 12.9. The molecule has 3 atom stereocenters. The third-order valence-electron chi connectivity index (χ3n) is 5.94. The number of phenolic OH excluding ortho intramolecular Hbond substituents is 1. The van der Waals surface area contributed by atoms with Gasteiger partial charge in [-0.15, -0.1) is 0 Å². The summed E-state index contributed by atoms with van der Waals surface area (Å²) >= 11 is 0. The summed E-state index contributed by atoms with van der Waals surface area (Å²) in [6.07, 6.45) is 0.369. The molecular formula is C27H37FN8O5. The van der Waals surface area contributed by atoms with Crippen LogP contribution in [0.4, 0.5) is 4.39 Å². The van der Waals surface area contributed by atoms with Crippen LogP contribution >= 0.6 is 0 Å². The summed E-state index contributed by atoms with van der Waals surface area (Å²) in [6.45, 7) is 0.121. The molecule has 4 amide bonds. The van der Waals surface area contributed by atoms with Gasteiger partial charge in [-0.05, 0) is 54.7 Å². The number of aromatic hydroxyl groups is 1. The van der Waals surface area contributed by atoms with Crippen LogP contribution in [0, 0.1) is 5.82 Å². The minimum Gasteiger partial charge on any atom is -0.508 e. The molecule has 13 nitrogen and oxygen atoms in total. The minimum atomic E-state index is -1.17. The molecule has 0 spiro atoms. The zero-order valence-corrected chi connectivity index (χ0v) is 22.5. The van der Waals surface area contributed by atoms with Gasteiger partial charge in [0.2, 0.25) is 23.6 Å². The summed E-state index contributed by atoms with van der Waals surface area (Å²) in [5, 5.41) is 17.2. The molecule has 0 aliphatic heterocycles. The number of benzene rings is 2. The topological polar surface area (TPSA) is 241 Å². The highest BCUT2D eigenvalue weighted by atomic mass is 19.1. The molecule has 14 heteroatoms. The first-order valence-electron chi connectivity index (χ1n) is 12.9. The summed E-state index contributed by atoms with van der Waals surface area (Å²) < 4.78 is 13.8. The second-order valence-electron chi connectivity index (χ2n) is 9.39. The molecule has 0 aliphatic rings. The lowest BCUT2D eigenvalue weighted by molar-refractivity contribution is -0.132. The number of hydrogen-bond donors (Lipinski definition) is 8. The summed E-state index contributed by atoms with van der Waals surface area (Å²) in [4.78, 5) is 54.2. The number of phenols is 1. The number of hydrogen-bond acceptors (Lipinski definition) is 7. The number of carbonyl (C=O) groups excluding carboxylic acids is 4. The van der Waals surface area contributed by atoms with Crippen LogP contribution in [-0.2, 0) is 32.0 Å². The Morgan fingerprint density at radius 3 is 2.20 bits per heavy atom. The molecule has 0 aliphatic carbocycles. The number of carbonyl (C=O) groups is 4. The van der Waals surface area contributed by atoms with E-state index >= 15 is 0 Å². The summed E-state index contributed by atoms with van der Waals surface area (Å²) in [5.41, 5.74) is 23.1. The lowest BCUT2D eigenvalue weighted by Gasteiger charge is -2.24. The number of primary amides is 1. The van der Waals surface area contributed by atoms with E-state index in [0.717, 1.165) is 0 Å². The first-order chi connectivity index (χ1) is 19.4. The molecule has 41 heavy (non-hydrogen) atoms. The van der Waals surface area contributed by atoms with Crippen LogP contribution < -0.4 is 38.9 Å². The predicted molar refractivity (Wildman–Crippen MR) is 150 cm³/mol. The minimum absolute atomic E-state index is 0.0610. The van der Waals surface area contributed by atoms with E-state index in [-0.39, 0.29) is 50.5 Å². The molecule has 0 heterocycles. The van der Waals surface area contributed by atoms with Crippen molar-refractivity contribution in [1.82, 2.24) is 16.0 Å². The highest BCUT2D eigenvalue weighted by Gasteiger charge is 2.28. The van der Waals surface area contributed by atoms with Gasteiger partial charge in [0.15, 0.2) is 5.96 Å². The molecule has 0 unspecified atom stereocenters. The van der Waals surface area contributed by atoms with Gasteiger partial charge >= 0.3 is 0 Å². The SMILES string of the molecule is NC(=O)CCNC(=O)[C@H](Cc1cccc(F)c1)NC(=O)[C@@H](CCCN=C(N)N)NC(=O)[C@@H](N)Cc1ccc(O)cc1. The third-order valence-corrected chi connectivity index (χ3v) is 5.94. The van der Waals surface area contributed by atoms with Crippen LogP contribution in [0.2, 0.25) is 0 Å². The molecule has 2 aromatic carbocycles. The number of nitrogens with zero attached hydrogens (tertiary/aromatic N) is 1. The Hall–Kier alpha value is -4.72. The maximum Gasteiger partial charge on any atom is 0.243 e. The van der Waals surface area contributed by atoms with E-state index in [9.17, 15) is 28.7 Å². The fourth-order valence-electron chi connectivity index (χ4n) is 3.84. The Morgan fingerprint density at radius 1 is 0.878 bits per heavy atom. The van der Waals surface area contributed by atoms with E-state index in [1.807, 2.05) is 0 Å². The number of amides is 4. The van der Waals surface area contributed by atoms with Crippen molar-refractivity contribution in [2.75, 3.05) is 13.1 Å². The Bertz CT molecular complexity index is 1220. The summed E-state index contributed by atoms with van der Waals surface area (Å²) in [7, 11) is 0. The smallest absolute Gasteiger partial charge is 0.243 e. The van der Waals surface area contributed by atoms with Crippen molar-refractivity contribution in [3.05, 3.63) is 65.5 Å². The van der Waals surface area contributed by atoms with Crippen molar-refractivity contribution >= 4 is 29.6 Å². The van der Waals surface area contributed by atoms with Crippen LogP contribution in [0.1, 0.15) is 30.4 Å². The molecule has 0 bridgehead atoms. The van der Waals surface area contributed by atoms with E-state index in [1.165, 1.54) is 30.3 Å². The molecule has 2 rings (SSSR count). The molecule has 0 aromatic heterocycles. The van der Waals surface area contributed by atoms with E-state index in [4.69, 9.17) is 22.9 Å². The largest absolute Gasteiger partial charge is 0.508 e. The van der Waals surface area contributed by atoms with Gasteiger partial charge in [-0.3, -0.25) is 24.2 Å². The van der Waals surface area contributed by atoms with Gasteiger partial charge in [0.05, 0.1) is 6.04 Å². The number of rotatable bonds is 16. The lowest BCUT2D eigenvalue weighted by atomic mass is 10.0. The predicted octanol–water partition coefficient (Wildman–Crippen LogP) is -1.34. The number of nitrogens with two attached hydrogens (primary N) is 4. The van der Waals surface area contributed by atoms with Gasteiger partial charge in [-0.1, -0.05) is 24.3 Å². The van der Waals surface area contributed by atoms with Crippen molar-refractivity contribution in [2.24, 2.45) is 27.9 Å². The van der Waals surface area contributed by atoms with Gasteiger partial charge in [0, 0.05) is 25.9 Å². The maximum absolute atomic E-state index is 13.8. The monoisotopic (exact) mass is 572 g/mol. The molecule has 0 saturated heterocycles. The van der Waals surface area contributed by atoms with Crippen LogP contribution in [-0.4, -0.2) is 65.9 Å². The number of guanidine groups is 1. The Balaban J connectivity index is 2.18. The number of halogens is 1. The lowest BCUT2D eigenvalue weighted by Crippen LogP contribution is -2.56. The zero-order valence-electron chi connectivity index (χ0n) is 22.5. The van der Waals surface area contributed by atoms with Crippen molar-refractivity contribution in [3.8, 4) is 5.75 Å². The van der Waals surface area contributed by atoms with E-state index in [0.29, 0.717) is 17.5 Å². The number of aliphatic imine (C=N–C) groups is 1. The Kier molecular flexibility index (Phi) is 13.0. The molecule has 12 N–H and O–H groups in total. The molecule has 0 radical (unpaired) electrons. The van der Waals surface area contributed by atoms with Crippen molar-refractivity contribution < 1.29 is 28.7 Å². The maximum atomic E-state index is 13.8. The van der Waals surface area contributed by atoms with Crippen LogP contribution in [0.3, 0.4) is 0 Å². The second-order valence-corrected chi connectivity index (χ2v) is 9.39. The van der Waals surface area contributed by atoms with Crippen molar-refractivity contribution in [1.29, 1.82) is 0 Å². The molecule has 0 fully saturated rings. The normalized spacial score (nSPS) is 12.8. The molecule has 2 aromatic rings. The Labute approximate surface area is 236 Å². The van der Waals surface area contributed by atoms with Gasteiger partial charge < -0.3 is 44.0 Å². The molecular weight excluding hydrogens is 535 g/mol. The average Bonchev–Trinajstić information content (AvgIpc) is 2.90. The highest BCUT2D eigenvalue weighted by Crippen LogP contribution is 2.12. The van der Waals surface area contributed by atoms with E-state index < -0.39 is 47.6 Å². The van der Waals surface area contributed by atoms with E-state index in [1.54, 1.807) is 18.2 Å². The van der Waals surface area contributed by atoms with Crippen LogP contribution in [0.25, 0.3) is 0 Å². The van der Waals surface area contributed by atoms with Gasteiger partial charge in [-0.25, -0.2) is 4.39 Å². The Morgan fingerprint density at radius 2 is 1.56 bits per heavy atom. The fourth-order valence-corrected chi connectivity index (χ4v) is 3.84. The van der Waals surface area contributed by atoms with Crippen molar-refractivity contribution in [3.63, 3.8) is 0 Å². The molecule has 222 valence electrons. The average molecular weight is 573 g/mol. The van der Waals surface area contributed by atoms with Crippen LogP contribution in [0.15, 0.2) is 53.5 Å². The van der Waals surface area contributed by atoms with Gasteiger partial charge in [0.1, 0.15) is 23.7 Å². The van der Waals surface area contributed by atoms with Gasteiger partial charge in [0.25, 0.3) is 0 Å².